The van der Waals surface area contributed by atoms with Crippen LogP contribution in [-0.2, 0) is 4.74 Å². The van der Waals surface area contributed by atoms with E-state index in [9.17, 15) is 0 Å². The highest BCUT2D eigenvalue weighted by Crippen LogP contribution is 2.32. The van der Waals surface area contributed by atoms with Crippen molar-refractivity contribution >= 4 is 0 Å². The summed E-state index contributed by atoms with van der Waals surface area (Å²) >= 11 is 0. The van der Waals surface area contributed by atoms with E-state index in [0.29, 0.717) is 6.10 Å². The second-order valence-corrected chi connectivity index (χ2v) is 3.07. The van der Waals surface area contributed by atoms with Gasteiger partial charge in [0.1, 0.15) is 0 Å². The van der Waals surface area contributed by atoms with Crippen LogP contribution in [0, 0.1) is 0 Å². The van der Waals surface area contributed by atoms with Crippen molar-refractivity contribution in [2.24, 2.45) is 0 Å². The van der Waals surface area contributed by atoms with Crippen LogP contribution in [0.2, 0.25) is 0 Å². The molecule has 0 saturated carbocycles. The normalized spacial score (nSPS) is 31.0. The van der Waals surface area contributed by atoms with E-state index in [4.69, 9.17) is 9.15 Å². The SMILES string of the molecule is CC1CCC(c2ccoc2)O1. The largest absolute Gasteiger partial charge is 0.472 e. The molecule has 60 valence electrons. The molecule has 2 heteroatoms. The Balaban J connectivity index is 2.08. The van der Waals surface area contributed by atoms with Crippen LogP contribution in [0.1, 0.15) is 31.4 Å². The van der Waals surface area contributed by atoms with Gasteiger partial charge in [-0.05, 0) is 25.8 Å². The zero-order valence-electron chi connectivity index (χ0n) is 6.62. The van der Waals surface area contributed by atoms with Gasteiger partial charge in [-0.15, -0.1) is 0 Å². The summed E-state index contributed by atoms with van der Waals surface area (Å²) in [7, 11) is 0. The van der Waals surface area contributed by atoms with E-state index in [-0.39, 0.29) is 6.10 Å². The topological polar surface area (TPSA) is 22.4 Å². The van der Waals surface area contributed by atoms with E-state index in [1.807, 2.05) is 6.07 Å². The second kappa shape index (κ2) is 2.70. The summed E-state index contributed by atoms with van der Waals surface area (Å²) in [4.78, 5) is 0. The van der Waals surface area contributed by atoms with Crippen molar-refractivity contribution in [3.63, 3.8) is 0 Å². The summed E-state index contributed by atoms with van der Waals surface area (Å²) in [5.74, 6) is 0. The first-order valence-corrected chi connectivity index (χ1v) is 4.04. The Morgan fingerprint density at radius 1 is 1.45 bits per heavy atom. The average molecular weight is 152 g/mol. The number of hydrogen-bond acceptors (Lipinski definition) is 2. The first-order valence-electron chi connectivity index (χ1n) is 4.04. The van der Waals surface area contributed by atoms with Gasteiger partial charge in [0, 0.05) is 5.56 Å². The number of hydrogen-bond donors (Lipinski definition) is 0. The van der Waals surface area contributed by atoms with Gasteiger partial charge in [0.25, 0.3) is 0 Å². The third-order valence-corrected chi connectivity index (χ3v) is 2.15. The van der Waals surface area contributed by atoms with E-state index >= 15 is 0 Å². The number of ether oxygens (including phenoxy) is 1. The Morgan fingerprint density at radius 3 is 2.91 bits per heavy atom. The van der Waals surface area contributed by atoms with E-state index in [1.165, 1.54) is 5.56 Å². The van der Waals surface area contributed by atoms with Crippen molar-refractivity contribution in [3.8, 4) is 0 Å². The van der Waals surface area contributed by atoms with Gasteiger partial charge in [0.15, 0.2) is 0 Å². The summed E-state index contributed by atoms with van der Waals surface area (Å²) in [6.07, 6.45) is 6.44. The molecule has 1 aromatic rings. The molecule has 0 spiro atoms. The maximum Gasteiger partial charge on any atom is 0.0960 e. The van der Waals surface area contributed by atoms with Crippen molar-refractivity contribution in [1.29, 1.82) is 0 Å². The van der Waals surface area contributed by atoms with Crippen LogP contribution in [0.3, 0.4) is 0 Å². The van der Waals surface area contributed by atoms with Gasteiger partial charge < -0.3 is 9.15 Å². The van der Waals surface area contributed by atoms with Gasteiger partial charge in [-0.2, -0.15) is 0 Å². The minimum absolute atomic E-state index is 0.281. The van der Waals surface area contributed by atoms with Crippen LogP contribution < -0.4 is 0 Å². The zero-order valence-corrected chi connectivity index (χ0v) is 6.62. The molecule has 0 aromatic carbocycles. The predicted molar refractivity (Wildman–Crippen MR) is 41.2 cm³/mol. The van der Waals surface area contributed by atoms with Gasteiger partial charge in [-0.25, -0.2) is 0 Å². The quantitative estimate of drug-likeness (QED) is 0.617. The van der Waals surface area contributed by atoms with Crippen molar-refractivity contribution in [1.82, 2.24) is 0 Å². The minimum Gasteiger partial charge on any atom is -0.472 e. The van der Waals surface area contributed by atoms with Crippen molar-refractivity contribution in [3.05, 3.63) is 24.2 Å². The highest BCUT2D eigenvalue weighted by Gasteiger charge is 2.23. The fourth-order valence-electron chi connectivity index (χ4n) is 1.51. The first-order chi connectivity index (χ1) is 5.36. The lowest BCUT2D eigenvalue weighted by atomic mass is 10.1. The molecule has 1 aliphatic heterocycles. The van der Waals surface area contributed by atoms with E-state index < -0.39 is 0 Å². The molecule has 0 bridgehead atoms. The van der Waals surface area contributed by atoms with Crippen molar-refractivity contribution in [2.45, 2.75) is 32.0 Å². The lowest BCUT2D eigenvalue weighted by molar-refractivity contribution is 0.0552. The van der Waals surface area contributed by atoms with Gasteiger partial charge >= 0.3 is 0 Å². The molecule has 11 heavy (non-hydrogen) atoms. The fraction of sp³-hybridized carbons (Fsp3) is 0.556. The van der Waals surface area contributed by atoms with Crippen LogP contribution in [0.5, 0.6) is 0 Å². The van der Waals surface area contributed by atoms with Crippen LogP contribution in [0.15, 0.2) is 23.0 Å². The van der Waals surface area contributed by atoms with E-state index in [2.05, 4.69) is 6.92 Å². The smallest absolute Gasteiger partial charge is 0.0960 e. The molecule has 1 aliphatic rings. The highest BCUT2D eigenvalue weighted by molar-refractivity contribution is 5.10. The maximum atomic E-state index is 5.65. The van der Waals surface area contributed by atoms with Crippen molar-refractivity contribution in [2.75, 3.05) is 0 Å². The third-order valence-electron chi connectivity index (χ3n) is 2.15. The predicted octanol–water partition coefficient (Wildman–Crippen LogP) is 2.52. The van der Waals surface area contributed by atoms with E-state index in [0.717, 1.165) is 12.8 Å². The molecule has 2 atom stereocenters. The van der Waals surface area contributed by atoms with Crippen molar-refractivity contribution < 1.29 is 9.15 Å². The van der Waals surface area contributed by atoms with Gasteiger partial charge in [-0.1, -0.05) is 0 Å². The van der Waals surface area contributed by atoms with E-state index in [1.54, 1.807) is 12.5 Å². The lowest BCUT2D eigenvalue weighted by Crippen LogP contribution is -1.99. The van der Waals surface area contributed by atoms with Gasteiger partial charge in [-0.3, -0.25) is 0 Å². The molecule has 1 fully saturated rings. The fourth-order valence-corrected chi connectivity index (χ4v) is 1.51. The molecule has 2 heterocycles. The molecule has 0 amide bonds. The van der Waals surface area contributed by atoms with Gasteiger partial charge in [0.2, 0.25) is 0 Å². The molecule has 0 radical (unpaired) electrons. The summed E-state index contributed by atoms with van der Waals surface area (Å²) in [6.45, 7) is 2.11. The molecular weight excluding hydrogens is 140 g/mol. The second-order valence-electron chi connectivity index (χ2n) is 3.07. The summed E-state index contributed by atoms with van der Waals surface area (Å²) < 4.78 is 10.6. The highest BCUT2D eigenvalue weighted by atomic mass is 16.5. The average Bonchev–Trinajstić information content (AvgIpc) is 2.55. The molecule has 1 aromatic heterocycles. The van der Waals surface area contributed by atoms with Crippen LogP contribution >= 0.6 is 0 Å². The lowest BCUT2D eigenvalue weighted by Gasteiger charge is -2.07. The maximum absolute atomic E-state index is 5.65. The molecule has 2 rings (SSSR count). The molecule has 0 N–H and O–H groups in total. The zero-order chi connectivity index (χ0) is 7.68. The Bertz CT molecular complexity index is 215. The third kappa shape index (κ3) is 1.31. The van der Waals surface area contributed by atoms with Crippen LogP contribution in [-0.4, -0.2) is 6.10 Å². The standard InChI is InChI=1S/C9H12O2/c1-7-2-3-9(11-7)8-4-5-10-6-8/h4-7,9H,2-3H2,1H3. The summed E-state index contributed by atoms with van der Waals surface area (Å²) in [5.41, 5.74) is 1.18. The molecule has 0 aliphatic carbocycles. The monoisotopic (exact) mass is 152 g/mol. The first kappa shape index (κ1) is 6.92. The Labute approximate surface area is 66.2 Å². The molecule has 1 saturated heterocycles. The Morgan fingerprint density at radius 2 is 2.36 bits per heavy atom. The molecule has 2 unspecified atom stereocenters. The van der Waals surface area contributed by atoms with Gasteiger partial charge in [0.05, 0.1) is 24.7 Å². The minimum atomic E-state index is 0.281. The van der Waals surface area contributed by atoms with Crippen LogP contribution in [0.25, 0.3) is 0 Å². The number of rotatable bonds is 1. The Hall–Kier alpha value is -0.760. The molecular formula is C9H12O2. The van der Waals surface area contributed by atoms with Crippen LogP contribution in [0.4, 0.5) is 0 Å². The number of furan rings is 1. The summed E-state index contributed by atoms with van der Waals surface area (Å²) in [6, 6.07) is 1.97. The Kier molecular flexibility index (Phi) is 1.70. The summed E-state index contributed by atoms with van der Waals surface area (Å²) in [5, 5.41) is 0. The molecule has 2 nitrogen and oxygen atoms in total.